The number of carboxylic acids is 1. The van der Waals surface area contributed by atoms with Crippen molar-refractivity contribution < 1.29 is 14.7 Å². The Morgan fingerprint density at radius 1 is 1.00 bits per heavy atom. The van der Waals surface area contributed by atoms with Crippen LogP contribution in [-0.2, 0) is 9.59 Å². The van der Waals surface area contributed by atoms with Gasteiger partial charge in [-0.25, -0.2) is 4.79 Å². The van der Waals surface area contributed by atoms with Crippen molar-refractivity contribution in [3.8, 4) is 0 Å². The molecule has 5 atom stereocenters. The molecule has 118 valence electrons. The van der Waals surface area contributed by atoms with Crippen LogP contribution >= 0.6 is 0 Å². The SMILES string of the molecule is CC1CCN(C(=O)C2CCC3CCCCC3C2)C1C(=O)O. The molecule has 0 aromatic heterocycles. The number of likely N-dealkylation sites (tertiary alicyclic amines) is 1. The van der Waals surface area contributed by atoms with E-state index in [1.54, 1.807) is 4.90 Å². The molecule has 3 fully saturated rings. The Labute approximate surface area is 126 Å². The monoisotopic (exact) mass is 293 g/mol. The van der Waals surface area contributed by atoms with E-state index in [0.29, 0.717) is 12.5 Å². The molecule has 4 heteroatoms. The fourth-order valence-corrected chi connectivity index (χ4v) is 4.90. The third kappa shape index (κ3) is 2.82. The highest BCUT2D eigenvalue weighted by atomic mass is 16.4. The molecule has 0 bridgehead atoms. The molecule has 2 saturated carbocycles. The first kappa shape index (κ1) is 14.9. The van der Waals surface area contributed by atoms with Gasteiger partial charge in [-0.3, -0.25) is 4.79 Å². The Hall–Kier alpha value is -1.06. The maximum absolute atomic E-state index is 12.8. The molecule has 0 aromatic rings. The van der Waals surface area contributed by atoms with Gasteiger partial charge in [-0.15, -0.1) is 0 Å². The van der Waals surface area contributed by atoms with Crippen LogP contribution < -0.4 is 0 Å². The molecular weight excluding hydrogens is 266 g/mol. The largest absolute Gasteiger partial charge is 0.480 e. The lowest BCUT2D eigenvalue weighted by Gasteiger charge is -2.40. The van der Waals surface area contributed by atoms with Gasteiger partial charge in [0.1, 0.15) is 6.04 Å². The standard InChI is InChI=1S/C17H27NO3/c1-11-8-9-18(15(11)17(20)21)16(19)14-7-6-12-4-2-3-5-13(12)10-14/h11-15H,2-10H2,1H3,(H,20,21). The molecule has 3 rings (SSSR count). The zero-order valence-electron chi connectivity index (χ0n) is 13.0. The van der Waals surface area contributed by atoms with Crippen molar-refractivity contribution in [1.29, 1.82) is 0 Å². The second-order valence-electron chi connectivity index (χ2n) is 7.40. The van der Waals surface area contributed by atoms with Gasteiger partial charge in [0.2, 0.25) is 5.91 Å². The Bertz CT molecular complexity index is 422. The second-order valence-corrected chi connectivity index (χ2v) is 7.40. The minimum absolute atomic E-state index is 0.0801. The number of hydrogen-bond acceptors (Lipinski definition) is 2. The zero-order valence-corrected chi connectivity index (χ0v) is 13.0. The number of rotatable bonds is 2. The maximum Gasteiger partial charge on any atom is 0.326 e. The van der Waals surface area contributed by atoms with Gasteiger partial charge in [-0.2, -0.15) is 0 Å². The summed E-state index contributed by atoms with van der Waals surface area (Å²) in [5.74, 6) is 0.991. The summed E-state index contributed by atoms with van der Waals surface area (Å²) >= 11 is 0. The summed E-state index contributed by atoms with van der Waals surface area (Å²) < 4.78 is 0. The number of carbonyl (C=O) groups excluding carboxylic acids is 1. The van der Waals surface area contributed by atoms with Crippen molar-refractivity contribution in [1.82, 2.24) is 4.90 Å². The fourth-order valence-electron chi connectivity index (χ4n) is 4.90. The summed E-state index contributed by atoms with van der Waals surface area (Å²) in [6, 6.07) is -0.596. The topological polar surface area (TPSA) is 57.6 Å². The molecule has 21 heavy (non-hydrogen) atoms. The van der Waals surface area contributed by atoms with Crippen LogP contribution in [0.25, 0.3) is 0 Å². The number of nitrogens with zero attached hydrogens (tertiary/aromatic N) is 1. The van der Waals surface area contributed by atoms with Crippen LogP contribution in [0.2, 0.25) is 0 Å². The fraction of sp³-hybridized carbons (Fsp3) is 0.882. The van der Waals surface area contributed by atoms with E-state index in [0.717, 1.165) is 25.2 Å². The van der Waals surface area contributed by atoms with E-state index in [1.807, 2.05) is 6.92 Å². The van der Waals surface area contributed by atoms with E-state index in [9.17, 15) is 14.7 Å². The Kier molecular flexibility index (Phi) is 4.23. The Morgan fingerprint density at radius 2 is 1.71 bits per heavy atom. The van der Waals surface area contributed by atoms with E-state index >= 15 is 0 Å². The van der Waals surface area contributed by atoms with Crippen LogP contribution in [-0.4, -0.2) is 34.5 Å². The average molecular weight is 293 g/mol. The molecule has 0 spiro atoms. The number of hydrogen-bond donors (Lipinski definition) is 1. The van der Waals surface area contributed by atoms with E-state index in [2.05, 4.69) is 0 Å². The number of aliphatic carboxylic acids is 1. The van der Waals surface area contributed by atoms with Crippen molar-refractivity contribution in [3.05, 3.63) is 0 Å². The molecule has 1 saturated heterocycles. The summed E-state index contributed by atoms with van der Waals surface area (Å²) in [6.07, 6.45) is 9.23. The molecule has 5 unspecified atom stereocenters. The summed E-state index contributed by atoms with van der Waals surface area (Å²) in [4.78, 5) is 25.9. The second kappa shape index (κ2) is 5.98. The first-order valence-electron chi connectivity index (χ1n) is 8.61. The van der Waals surface area contributed by atoms with Gasteiger partial charge < -0.3 is 10.0 Å². The smallest absolute Gasteiger partial charge is 0.326 e. The molecule has 3 aliphatic rings. The van der Waals surface area contributed by atoms with Crippen molar-refractivity contribution in [3.63, 3.8) is 0 Å². The van der Waals surface area contributed by atoms with Gasteiger partial charge in [0.25, 0.3) is 0 Å². The lowest BCUT2D eigenvalue weighted by atomic mass is 9.67. The normalized spacial score (nSPS) is 39.9. The predicted octanol–water partition coefficient (Wildman–Crippen LogP) is 2.91. The third-order valence-corrected chi connectivity index (χ3v) is 6.13. The van der Waals surface area contributed by atoms with Crippen molar-refractivity contribution in [2.45, 2.75) is 64.3 Å². The van der Waals surface area contributed by atoms with Crippen LogP contribution in [0, 0.1) is 23.7 Å². The van der Waals surface area contributed by atoms with Gasteiger partial charge in [0, 0.05) is 12.5 Å². The molecular formula is C17H27NO3. The van der Waals surface area contributed by atoms with Gasteiger partial charge >= 0.3 is 5.97 Å². The van der Waals surface area contributed by atoms with Crippen LogP contribution in [0.4, 0.5) is 0 Å². The predicted molar refractivity (Wildman–Crippen MR) is 79.7 cm³/mol. The van der Waals surface area contributed by atoms with E-state index in [-0.39, 0.29) is 17.7 Å². The Morgan fingerprint density at radius 3 is 2.43 bits per heavy atom. The van der Waals surface area contributed by atoms with Crippen molar-refractivity contribution in [2.75, 3.05) is 6.54 Å². The molecule has 2 aliphatic carbocycles. The third-order valence-electron chi connectivity index (χ3n) is 6.13. The molecule has 0 radical (unpaired) electrons. The summed E-state index contributed by atoms with van der Waals surface area (Å²) in [5.41, 5.74) is 0. The molecule has 1 amide bonds. The summed E-state index contributed by atoms with van der Waals surface area (Å²) in [6.45, 7) is 2.58. The van der Waals surface area contributed by atoms with Crippen LogP contribution in [0.3, 0.4) is 0 Å². The van der Waals surface area contributed by atoms with E-state index in [1.165, 1.54) is 32.1 Å². The lowest BCUT2D eigenvalue weighted by molar-refractivity contribution is -0.152. The van der Waals surface area contributed by atoms with Crippen molar-refractivity contribution in [2.24, 2.45) is 23.7 Å². The molecule has 4 nitrogen and oxygen atoms in total. The van der Waals surface area contributed by atoms with Crippen molar-refractivity contribution >= 4 is 11.9 Å². The summed E-state index contributed by atoms with van der Waals surface area (Å²) in [5, 5.41) is 9.39. The van der Waals surface area contributed by atoms with Crippen LogP contribution in [0.15, 0.2) is 0 Å². The first-order valence-corrected chi connectivity index (χ1v) is 8.61. The Balaban J connectivity index is 1.66. The highest BCUT2D eigenvalue weighted by molar-refractivity contribution is 5.86. The minimum Gasteiger partial charge on any atom is -0.480 e. The maximum atomic E-state index is 12.8. The molecule has 0 aromatic carbocycles. The number of carboxylic acid groups (broad SMARTS) is 1. The van der Waals surface area contributed by atoms with E-state index in [4.69, 9.17) is 0 Å². The van der Waals surface area contributed by atoms with Gasteiger partial charge in [0.15, 0.2) is 0 Å². The molecule has 1 aliphatic heterocycles. The highest BCUT2D eigenvalue weighted by Crippen LogP contribution is 2.43. The van der Waals surface area contributed by atoms with Gasteiger partial charge in [-0.05, 0) is 43.4 Å². The van der Waals surface area contributed by atoms with Gasteiger partial charge in [0.05, 0.1) is 0 Å². The molecule has 1 heterocycles. The zero-order chi connectivity index (χ0) is 15.0. The quantitative estimate of drug-likeness (QED) is 0.851. The van der Waals surface area contributed by atoms with E-state index < -0.39 is 12.0 Å². The van der Waals surface area contributed by atoms with Crippen LogP contribution in [0.5, 0.6) is 0 Å². The number of amides is 1. The number of fused-ring (bicyclic) bond motifs is 1. The molecule has 1 N–H and O–H groups in total. The summed E-state index contributed by atoms with van der Waals surface area (Å²) in [7, 11) is 0. The highest BCUT2D eigenvalue weighted by Gasteiger charge is 2.43. The van der Waals surface area contributed by atoms with Gasteiger partial charge in [-0.1, -0.05) is 32.6 Å². The first-order chi connectivity index (χ1) is 10.1. The lowest BCUT2D eigenvalue weighted by Crippen LogP contribution is -2.47. The van der Waals surface area contributed by atoms with Crippen LogP contribution in [0.1, 0.15) is 58.3 Å². The minimum atomic E-state index is -0.834. The number of carbonyl (C=O) groups is 2. The average Bonchev–Trinajstić information content (AvgIpc) is 2.88.